The Labute approximate surface area is 173 Å². The fraction of sp³-hybridized carbons (Fsp3) is 0.130. The number of ether oxygens (including phenoxy) is 1. The van der Waals surface area contributed by atoms with Crippen LogP contribution in [0.3, 0.4) is 0 Å². The number of aromatic nitrogens is 2. The van der Waals surface area contributed by atoms with E-state index in [2.05, 4.69) is 16.5 Å². The van der Waals surface area contributed by atoms with Crippen LogP contribution in [0.15, 0.2) is 66.7 Å². The molecule has 0 aliphatic rings. The van der Waals surface area contributed by atoms with E-state index in [-0.39, 0.29) is 5.91 Å². The summed E-state index contributed by atoms with van der Waals surface area (Å²) >= 11 is 6.48. The molecular weight excluding hydrogens is 386 g/mol. The van der Waals surface area contributed by atoms with Gasteiger partial charge in [0, 0.05) is 6.54 Å². The Morgan fingerprint density at radius 1 is 1.07 bits per heavy atom. The van der Waals surface area contributed by atoms with Gasteiger partial charge in [0.1, 0.15) is 10.9 Å². The molecular formula is C23H20ClN3O2. The largest absolute Gasteiger partial charge is 0.497 e. The van der Waals surface area contributed by atoms with E-state index in [4.69, 9.17) is 16.3 Å². The molecule has 6 heteroatoms. The minimum atomic E-state index is -0.246. The molecule has 0 spiro atoms. The maximum atomic E-state index is 12.8. The van der Waals surface area contributed by atoms with Crippen molar-refractivity contribution >= 4 is 28.3 Å². The molecule has 0 unspecified atom stereocenters. The van der Waals surface area contributed by atoms with Crippen molar-refractivity contribution in [2.75, 3.05) is 7.11 Å². The maximum absolute atomic E-state index is 12.8. The molecule has 0 saturated carbocycles. The lowest BCUT2D eigenvalue weighted by Crippen LogP contribution is -2.23. The molecule has 0 aliphatic heterocycles. The lowest BCUT2D eigenvalue weighted by atomic mass is 10.1. The van der Waals surface area contributed by atoms with Crippen LogP contribution < -0.4 is 10.1 Å². The SMILES string of the molecule is COc1ccc2cc(CNC(=O)c3c(C)nn(-c4ccccc4)c3Cl)ccc2c1. The van der Waals surface area contributed by atoms with Crippen molar-refractivity contribution in [3.05, 3.63) is 88.7 Å². The number of fused-ring (bicyclic) bond motifs is 1. The fourth-order valence-corrected chi connectivity index (χ4v) is 3.64. The van der Waals surface area contributed by atoms with Crippen LogP contribution in [0.25, 0.3) is 16.5 Å². The highest BCUT2D eigenvalue weighted by molar-refractivity contribution is 6.33. The van der Waals surface area contributed by atoms with Gasteiger partial charge >= 0.3 is 0 Å². The molecule has 1 aromatic heterocycles. The van der Waals surface area contributed by atoms with Crippen LogP contribution in [0, 0.1) is 6.92 Å². The Morgan fingerprint density at radius 3 is 2.55 bits per heavy atom. The number of nitrogens with one attached hydrogen (secondary N) is 1. The van der Waals surface area contributed by atoms with Crippen molar-refractivity contribution in [2.24, 2.45) is 0 Å². The first-order chi connectivity index (χ1) is 14.1. The lowest BCUT2D eigenvalue weighted by Gasteiger charge is -2.08. The molecule has 1 amide bonds. The van der Waals surface area contributed by atoms with E-state index in [0.717, 1.165) is 27.8 Å². The number of carbonyl (C=O) groups excluding carboxylic acids is 1. The molecule has 4 aromatic rings. The molecule has 0 bridgehead atoms. The molecule has 0 radical (unpaired) electrons. The first kappa shape index (κ1) is 19.0. The van der Waals surface area contributed by atoms with Crippen molar-refractivity contribution in [2.45, 2.75) is 13.5 Å². The second-order valence-electron chi connectivity index (χ2n) is 6.73. The monoisotopic (exact) mass is 405 g/mol. The van der Waals surface area contributed by atoms with Crippen LogP contribution >= 0.6 is 11.6 Å². The summed E-state index contributed by atoms with van der Waals surface area (Å²) in [6.07, 6.45) is 0. The van der Waals surface area contributed by atoms with Gasteiger partial charge in [-0.1, -0.05) is 48.0 Å². The summed E-state index contributed by atoms with van der Waals surface area (Å²) in [5, 5.41) is 9.85. The predicted molar refractivity (Wildman–Crippen MR) is 115 cm³/mol. The standard InChI is InChI=1S/C23H20ClN3O2/c1-15-21(22(24)27(26-15)19-6-4-3-5-7-19)23(28)25-14-16-8-9-18-13-20(29-2)11-10-17(18)12-16/h3-13H,14H2,1-2H3,(H,25,28). The number of halogens is 1. The molecule has 4 rings (SSSR count). The van der Waals surface area contributed by atoms with E-state index in [1.54, 1.807) is 18.7 Å². The molecule has 146 valence electrons. The van der Waals surface area contributed by atoms with Crippen molar-refractivity contribution < 1.29 is 9.53 Å². The normalized spacial score (nSPS) is 10.9. The van der Waals surface area contributed by atoms with Crippen LogP contribution in [0.2, 0.25) is 5.15 Å². The van der Waals surface area contributed by atoms with E-state index in [1.807, 2.05) is 60.7 Å². The van der Waals surface area contributed by atoms with Gasteiger partial charge in [-0.25, -0.2) is 4.68 Å². The van der Waals surface area contributed by atoms with Crippen molar-refractivity contribution in [3.8, 4) is 11.4 Å². The van der Waals surface area contributed by atoms with E-state index < -0.39 is 0 Å². The fourth-order valence-electron chi connectivity index (χ4n) is 3.28. The van der Waals surface area contributed by atoms with E-state index in [1.165, 1.54) is 0 Å². The summed E-state index contributed by atoms with van der Waals surface area (Å²) < 4.78 is 6.84. The third kappa shape index (κ3) is 3.82. The number of aryl methyl sites for hydroxylation is 1. The topological polar surface area (TPSA) is 56.1 Å². The number of para-hydroxylation sites is 1. The highest BCUT2D eigenvalue weighted by Crippen LogP contribution is 2.24. The van der Waals surface area contributed by atoms with E-state index in [0.29, 0.717) is 23.0 Å². The van der Waals surface area contributed by atoms with E-state index >= 15 is 0 Å². The van der Waals surface area contributed by atoms with Crippen LogP contribution in [-0.2, 0) is 6.54 Å². The average molecular weight is 406 g/mol. The molecule has 0 aliphatic carbocycles. The van der Waals surface area contributed by atoms with E-state index in [9.17, 15) is 4.79 Å². The maximum Gasteiger partial charge on any atom is 0.256 e. The average Bonchev–Trinajstić information content (AvgIpc) is 3.06. The highest BCUT2D eigenvalue weighted by atomic mass is 35.5. The van der Waals surface area contributed by atoms with Crippen molar-refractivity contribution in [3.63, 3.8) is 0 Å². The highest BCUT2D eigenvalue weighted by Gasteiger charge is 2.20. The summed E-state index contributed by atoms with van der Waals surface area (Å²) in [6, 6.07) is 21.5. The molecule has 0 atom stereocenters. The number of hydrogen-bond donors (Lipinski definition) is 1. The summed E-state index contributed by atoms with van der Waals surface area (Å²) in [5.41, 5.74) is 2.79. The zero-order valence-electron chi connectivity index (χ0n) is 16.1. The summed E-state index contributed by atoms with van der Waals surface area (Å²) in [5.74, 6) is 0.573. The second-order valence-corrected chi connectivity index (χ2v) is 7.09. The number of carbonyl (C=O) groups is 1. The van der Waals surface area contributed by atoms with Crippen LogP contribution in [0.1, 0.15) is 21.6 Å². The number of nitrogens with zero attached hydrogens (tertiary/aromatic N) is 2. The predicted octanol–water partition coefficient (Wildman–Crippen LogP) is 4.93. The zero-order valence-corrected chi connectivity index (χ0v) is 16.9. The van der Waals surface area contributed by atoms with Gasteiger partial charge in [-0.2, -0.15) is 5.10 Å². The molecule has 1 heterocycles. The van der Waals surface area contributed by atoms with Gasteiger partial charge in [0.25, 0.3) is 5.91 Å². The number of hydrogen-bond acceptors (Lipinski definition) is 3. The Hall–Kier alpha value is -3.31. The third-order valence-corrected chi connectivity index (χ3v) is 5.15. The third-order valence-electron chi connectivity index (χ3n) is 4.80. The number of benzene rings is 3. The Kier molecular flexibility index (Phi) is 5.23. The number of methoxy groups -OCH3 is 1. The van der Waals surface area contributed by atoms with Gasteiger partial charge in [0.05, 0.1) is 24.1 Å². The van der Waals surface area contributed by atoms with Crippen molar-refractivity contribution in [1.82, 2.24) is 15.1 Å². The Morgan fingerprint density at radius 2 is 1.79 bits per heavy atom. The first-order valence-electron chi connectivity index (χ1n) is 9.22. The Bertz CT molecular complexity index is 1190. The number of rotatable bonds is 5. The summed E-state index contributed by atoms with van der Waals surface area (Å²) in [6.45, 7) is 2.18. The summed E-state index contributed by atoms with van der Waals surface area (Å²) in [4.78, 5) is 12.8. The molecule has 0 saturated heterocycles. The van der Waals surface area contributed by atoms with Crippen LogP contribution in [-0.4, -0.2) is 22.8 Å². The molecule has 0 fully saturated rings. The molecule has 3 aromatic carbocycles. The lowest BCUT2D eigenvalue weighted by molar-refractivity contribution is 0.0950. The Balaban J connectivity index is 1.53. The molecule has 5 nitrogen and oxygen atoms in total. The van der Waals surface area contributed by atoms with Gasteiger partial charge in [-0.3, -0.25) is 4.79 Å². The van der Waals surface area contributed by atoms with Gasteiger partial charge in [-0.05, 0) is 53.6 Å². The van der Waals surface area contributed by atoms with Crippen LogP contribution in [0.4, 0.5) is 0 Å². The van der Waals surface area contributed by atoms with Crippen molar-refractivity contribution in [1.29, 1.82) is 0 Å². The zero-order chi connectivity index (χ0) is 20.4. The van der Waals surface area contributed by atoms with Gasteiger partial charge in [0.15, 0.2) is 0 Å². The first-order valence-corrected chi connectivity index (χ1v) is 9.60. The molecule has 1 N–H and O–H groups in total. The second kappa shape index (κ2) is 7.97. The number of amides is 1. The van der Waals surface area contributed by atoms with Gasteiger partial charge in [-0.15, -0.1) is 0 Å². The minimum Gasteiger partial charge on any atom is -0.497 e. The smallest absolute Gasteiger partial charge is 0.256 e. The minimum absolute atomic E-state index is 0.246. The summed E-state index contributed by atoms with van der Waals surface area (Å²) in [7, 11) is 1.65. The van der Waals surface area contributed by atoms with Crippen LogP contribution in [0.5, 0.6) is 5.75 Å². The van der Waals surface area contributed by atoms with Gasteiger partial charge in [0.2, 0.25) is 0 Å². The molecule has 29 heavy (non-hydrogen) atoms. The quantitative estimate of drug-likeness (QED) is 0.512. The van der Waals surface area contributed by atoms with Gasteiger partial charge < -0.3 is 10.1 Å².